The standard InChI is InChI=1S/C8H7F4NO/c1-13-4-2-3-5(14-8(11)12)7(10)6(4)9/h2-3,8,13H,1H3. The summed E-state index contributed by atoms with van der Waals surface area (Å²) in [6, 6.07) is 2.03. The van der Waals surface area contributed by atoms with Gasteiger partial charge in [0, 0.05) is 7.05 Å². The summed E-state index contributed by atoms with van der Waals surface area (Å²) in [6.45, 7) is -3.18. The lowest BCUT2D eigenvalue weighted by atomic mass is 10.2. The highest BCUT2D eigenvalue weighted by atomic mass is 19.3. The maximum Gasteiger partial charge on any atom is 0.387 e. The van der Waals surface area contributed by atoms with Crippen molar-refractivity contribution in [2.45, 2.75) is 6.61 Å². The lowest BCUT2D eigenvalue weighted by molar-refractivity contribution is -0.0524. The van der Waals surface area contributed by atoms with Crippen molar-refractivity contribution in [2.75, 3.05) is 12.4 Å². The molecule has 0 aromatic heterocycles. The Morgan fingerprint density at radius 3 is 2.36 bits per heavy atom. The number of alkyl halides is 2. The zero-order valence-electron chi connectivity index (χ0n) is 7.15. The molecule has 0 bridgehead atoms. The molecule has 0 radical (unpaired) electrons. The summed E-state index contributed by atoms with van der Waals surface area (Å²) in [5.74, 6) is -3.49. The van der Waals surface area contributed by atoms with Gasteiger partial charge in [0.25, 0.3) is 0 Å². The Kier molecular flexibility index (Phi) is 3.16. The van der Waals surface area contributed by atoms with Gasteiger partial charge in [-0.1, -0.05) is 0 Å². The highest BCUT2D eigenvalue weighted by molar-refractivity contribution is 5.48. The molecule has 0 saturated carbocycles. The first-order valence-corrected chi connectivity index (χ1v) is 3.66. The van der Waals surface area contributed by atoms with E-state index in [-0.39, 0.29) is 5.69 Å². The van der Waals surface area contributed by atoms with Gasteiger partial charge in [-0.2, -0.15) is 13.2 Å². The lowest BCUT2D eigenvalue weighted by Gasteiger charge is -2.08. The van der Waals surface area contributed by atoms with Crippen molar-refractivity contribution in [3.8, 4) is 5.75 Å². The number of anilines is 1. The van der Waals surface area contributed by atoms with Gasteiger partial charge in [0.2, 0.25) is 5.82 Å². The fraction of sp³-hybridized carbons (Fsp3) is 0.250. The Labute approximate surface area is 77.5 Å². The molecular formula is C8H7F4NO. The maximum absolute atomic E-state index is 13.0. The van der Waals surface area contributed by atoms with Crippen LogP contribution >= 0.6 is 0 Å². The van der Waals surface area contributed by atoms with E-state index in [4.69, 9.17) is 0 Å². The zero-order chi connectivity index (χ0) is 10.7. The summed E-state index contributed by atoms with van der Waals surface area (Å²) in [5.41, 5.74) is -0.121. The minimum absolute atomic E-state index is 0.121. The Bertz CT molecular complexity index is 329. The van der Waals surface area contributed by atoms with Crippen LogP contribution in [0.15, 0.2) is 12.1 Å². The highest BCUT2D eigenvalue weighted by Crippen LogP contribution is 2.26. The van der Waals surface area contributed by atoms with E-state index in [1.54, 1.807) is 0 Å². The van der Waals surface area contributed by atoms with Gasteiger partial charge >= 0.3 is 6.61 Å². The SMILES string of the molecule is CNc1ccc(OC(F)F)c(F)c1F. The molecule has 1 aromatic rings. The van der Waals surface area contributed by atoms with Crippen LogP contribution in [-0.4, -0.2) is 13.7 Å². The van der Waals surface area contributed by atoms with E-state index in [2.05, 4.69) is 10.1 Å². The molecule has 0 aliphatic carbocycles. The van der Waals surface area contributed by atoms with Crippen molar-refractivity contribution in [1.82, 2.24) is 0 Å². The van der Waals surface area contributed by atoms with Crippen molar-refractivity contribution in [1.29, 1.82) is 0 Å². The third-order valence-electron chi connectivity index (χ3n) is 1.53. The average molecular weight is 209 g/mol. The summed E-state index contributed by atoms with van der Waals surface area (Å²) in [7, 11) is 1.38. The number of ether oxygens (including phenoxy) is 1. The second-order valence-corrected chi connectivity index (χ2v) is 2.37. The van der Waals surface area contributed by atoms with E-state index in [9.17, 15) is 17.6 Å². The first kappa shape index (κ1) is 10.6. The number of benzene rings is 1. The minimum Gasteiger partial charge on any atom is -0.432 e. The third-order valence-corrected chi connectivity index (χ3v) is 1.53. The van der Waals surface area contributed by atoms with Gasteiger partial charge in [0.1, 0.15) is 0 Å². The van der Waals surface area contributed by atoms with Crippen LogP contribution in [0.3, 0.4) is 0 Å². The molecule has 0 saturated heterocycles. The van der Waals surface area contributed by atoms with Crippen LogP contribution in [-0.2, 0) is 0 Å². The Morgan fingerprint density at radius 2 is 1.86 bits per heavy atom. The summed E-state index contributed by atoms with van der Waals surface area (Å²) >= 11 is 0. The molecule has 1 N–H and O–H groups in total. The highest BCUT2D eigenvalue weighted by Gasteiger charge is 2.16. The van der Waals surface area contributed by atoms with E-state index in [0.717, 1.165) is 12.1 Å². The van der Waals surface area contributed by atoms with Crippen molar-refractivity contribution in [3.05, 3.63) is 23.8 Å². The van der Waals surface area contributed by atoms with Crippen LogP contribution in [0.2, 0.25) is 0 Å². The predicted molar refractivity (Wildman–Crippen MR) is 42.5 cm³/mol. The molecule has 0 unspecified atom stereocenters. The van der Waals surface area contributed by atoms with Gasteiger partial charge in [-0.3, -0.25) is 0 Å². The van der Waals surface area contributed by atoms with Crippen LogP contribution in [0, 0.1) is 11.6 Å². The minimum atomic E-state index is -3.18. The molecule has 0 aliphatic heterocycles. The molecule has 2 nitrogen and oxygen atoms in total. The first-order chi connectivity index (χ1) is 6.56. The Hall–Kier alpha value is -1.46. The normalized spacial score (nSPS) is 10.4. The predicted octanol–water partition coefficient (Wildman–Crippen LogP) is 2.61. The monoisotopic (exact) mass is 209 g/mol. The molecule has 0 aliphatic rings. The maximum atomic E-state index is 13.0. The van der Waals surface area contributed by atoms with Crippen molar-refractivity contribution < 1.29 is 22.3 Å². The van der Waals surface area contributed by atoms with E-state index < -0.39 is 24.0 Å². The van der Waals surface area contributed by atoms with E-state index in [0.29, 0.717) is 0 Å². The lowest BCUT2D eigenvalue weighted by Crippen LogP contribution is -2.05. The number of hydrogen-bond donors (Lipinski definition) is 1. The topological polar surface area (TPSA) is 21.3 Å². The second-order valence-electron chi connectivity index (χ2n) is 2.37. The summed E-state index contributed by atoms with van der Waals surface area (Å²) < 4.78 is 53.0. The average Bonchev–Trinajstić information content (AvgIpc) is 2.13. The van der Waals surface area contributed by atoms with Gasteiger partial charge in [-0.15, -0.1) is 0 Å². The van der Waals surface area contributed by atoms with Crippen LogP contribution in [0.4, 0.5) is 23.2 Å². The third kappa shape index (κ3) is 2.07. The molecule has 1 aromatic carbocycles. The van der Waals surface area contributed by atoms with Crippen LogP contribution in [0.5, 0.6) is 5.75 Å². The molecule has 6 heteroatoms. The van der Waals surface area contributed by atoms with Crippen LogP contribution < -0.4 is 10.1 Å². The Morgan fingerprint density at radius 1 is 1.21 bits per heavy atom. The summed E-state index contributed by atoms with van der Waals surface area (Å²) in [5, 5.41) is 2.36. The van der Waals surface area contributed by atoms with Crippen molar-refractivity contribution >= 4 is 5.69 Å². The van der Waals surface area contributed by atoms with Gasteiger partial charge in [-0.25, -0.2) is 4.39 Å². The number of halogens is 4. The largest absolute Gasteiger partial charge is 0.432 e. The van der Waals surface area contributed by atoms with Crippen molar-refractivity contribution in [2.24, 2.45) is 0 Å². The van der Waals surface area contributed by atoms with Gasteiger partial charge in [-0.05, 0) is 12.1 Å². The fourth-order valence-corrected chi connectivity index (χ4v) is 0.912. The van der Waals surface area contributed by atoms with E-state index in [1.807, 2.05) is 0 Å². The molecule has 14 heavy (non-hydrogen) atoms. The molecule has 0 heterocycles. The van der Waals surface area contributed by atoms with Crippen molar-refractivity contribution in [3.63, 3.8) is 0 Å². The number of hydrogen-bond acceptors (Lipinski definition) is 2. The fourth-order valence-electron chi connectivity index (χ4n) is 0.912. The molecule has 0 amide bonds. The Balaban J connectivity index is 3.04. The van der Waals surface area contributed by atoms with E-state index in [1.165, 1.54) is 7.05 Å². The molecular weight excluding hydrogens is 202 g/mol. The van der Waals surface area contributed by atoms with E-state index >= 15 is 0 Å². The first-order valence-electron chi connectivity index (χ1n) is 3.66. The number of rotatable bonds is 3. The van der Waals surface area contributed by atoms with Gasteiger partial charge in [0.05, 0.1) is 5.69 Å². The summed E-state index contributed by atoms with van der Waals surface area (Å²) in [4.78, 5) is 0. The zero-order valence-corrected chi connectivity index (χ0v) is 7.15. The molecule has 1 rings (SSSR count). The smallest absolute Gasteiger partial charge is 0.387 e. The molecule has 0 fully saturated rings. The summed E-state index contributed by atoms with van der Waals surface area (Å²) in [6.07, 6.45) is 0. The quantitative estimate of drug-likeness (QED) is 0.772. The molecule has 78 valence electrons. The van der Waals surface area contributed by atoms with Gasteiger partial charge < -0.3 is 10.1 Å². The van der Waals surface area contributed by atoms with Crippen LogP contribution in [0.25, 0.3) is 0 Å². The van der Waals surface area contributed by atoms with Crippen LogP contribution in [0.1, 0.15) is 0 Å². The second kappa shape index (κ2) is 4.17. The molecule has 0 atom stereocenters. The molecule has 0 spiro atoms. The van der Waals surface area contributed by atoms with Gasteiger partial charge in [0.15, 0.2) is 11.6 Å². The number of nitrogens with one attached hydrogen (secondary N) is 1.